The monoisotopic (exact) mass is 514 g/mol. The Kier molecular flexibility index (Phi) is 8.63. The van der Waals surface area contributed by atoms with Crippen molar-refractivity contribution in [3.05, 3.63) is 89.0 Å². The first-order chi connectivity index (χ1) is 18.5. The van der Waals surface area contributed by atoms with E-state index in [9.17, 15) is 9.59 Å². The summed E-state index contributed by atoms with van der Waals surface area (Å²) in [5, 5.41) is 3.51. The maximum Gasteiger partial charge on any atom is 0.322 e. The number of aromatic nitrogens is 2. The number of rotatable bonds is 10. The normalized spacial score (nSPS) is 11.7. The quantitative estimate of drug-likeness (QED) is 0.273. The van der Waals surface area contributed by atoms with Crippen molar-refractivity contribution >= 4 is 22.6 Å². The molecule has 8 nitrogen and oxygen atoms in total. The van der Waals surface area contributed by atoms with Gasteiger partial charge in [0.1, 0.15) is 17.3 Å². The van der Waals surface area contributed by atoms with Crippen molar-refractivity contribution in [2.75, 3.05) is 26.1 Å². The molecular formula is C30H34N4O4. The van der Waals surface area contributed by atoms with Crippen molar-refractivity contribution in [3.8, 4) is 17.2 Å². The molecule has 0 aliphatic heterocycles. The molecule has 38 heavy (non-hydrogen) atoms. The molecule has 1 heterocycles. The van der Waals surface area contributed by atoms with E-state index in [1.807, 2.05) is 61.5 Å². The van der Waals surface area contributed by atoms with Crippen LogP contribution in [0.3, 0.4) is 0 Å². The largest absolute Gasteiger partial charge is 0.495 e. The molecule has 3 aromatic carbocycles. The SMILES string of the molecule is CCCCN(C(=O)Nc1ccccc1OC)C(CC)c1nc2ccccc2c(=O)n1-c1ccccc1OC. The highest BCUT2D eigenvalue weighted by Crippen LogP contribution is 2.31. The topological polar surface area (TPSA) is 85.7 Å². The summed E-state index contributed by atoms with van der Waals surface area (Å²) in [6.07, 6.45) is 2.24. The van der Waals surface area contributed by atoms with Crippen molar-refractivity contribution in [3.63, 3.8) is 0 Å². The molecule has 1 unspecified atom stereocenters. The molecule has 0 fully saturated rings. The minimum absolute atomic E-state index is 0.214. The van der Waals surface area contributed by atoms with Crippen LogP contribution in [0, 0.1) is 0 Å². The summed E-state index contributed by atoms with van der Waals surface area (Å²) in [6.45, 7) is 4.56. The van der Waals surface area contributed by atoms with Gasteiger partial charge < -0.3 is 19.7 Å². The highest BCUT2D eigenvalue weighted by atomic mass is 16.5. The lowest BCUT2D eigenvalue weighted by Crippen LogP contribution is -2.41. The first-order valence-electron chi connectivity index (χ1n) is 12.9. The lowest BCUT2D eigenvalue weighted by molar-refractivity contribution is 0.180. The Morgan fingerprint density at radius 3 is 2.32 bits per heavy atom. The second-order valence-corrected chi connectivity index (χ2v) is 8.90. The van der Waals surface area contributed by atoms with Crippen molar-refractivity contribution < 1.29 is 14.3 Å². The van der Waals surface area contributed by atoms with Crippen LogP contribution >= 0.6 is 0 Å². The summed E-state index contributed by atoms with van der Waals surface area (Å²) >= 11 is 0. The van der Waals surface area contributed by atoms with Crippen molar-refractivity contribution in [1.29, 1.82) is 0 Å². The number of urea groups is 1. The van der Waals surface area contributed by atoms with Crippen LogP contribution in [-0.4, -0.2) is 41.2 Å². The number of benzene rings is 3. The Morgan fingerprint density at radius 1 is 0.947 bits per heavy atom. The molecule has 1 aromatic heterocycles. The fraction of sp³-hybridized carbons (Fsp3) is 0.300. The van der Waals surface area contributed by atoms with E-state index >= 15 is 0 Å². The van der Waals surface area contributed by atoms with Crippen molar-refractivity contribution in [1.82, 2.24) is 14.5 Å². The summed E-state index contributed by atoms with van der Waals surface area (Å²) in [7, 11) is 3.14. The van der Waals surface area contributed by atoms with Gasteiger partial charge in [0.15, 0.2) is 0 Å². The van der Waals surface area contributed by atoms with Gasteiger partial charge in [-0.25, -0.2) is 9.78 Å². The number of anilines is 1. The first kappa shape index (κ1) is 26.7. The fourth-order valence-electron chi connectivity index (χ4n) is 4.63. The van der Waals surface area contributed by atoms with Gasteiger partial charge in [0.2, 0.25) is 0 Å². The molecule has 0 aliphatic carbocycles. The molecule has 198 valence electrons. The zero-order chi connectivity index (χ0) is 27.1. The van der Waals surface area contributed by atoms with E-state index in [1.165, 1.54) is 0 Å². The summed E-state index contributed by atoms with van der Waals surface area (Å²) in [6, 6.07) is 21.1. The lowest BCUT2D eigenvalue weighted by Gasteiger charge is -2.32. The smallest absolute Gasteiger partial charge is 0.322 e. The first-order valence-corrected chi connectivity index (χ1v) is 12.9. The molecule has 0 aliphatic rings. The van der Waals surface area contributed by atoms with E-state index in [4.69, 9.17) is 14.5 Å². The van der Waals surface area contributed by atoms with E-state index in [0.29, 0.717) is 52.6 Å². The molecule has 0 saturated heterocycles. The summed E-state index contributed by atoms with van der Waals surface area (Å²) in [5.41, 5.74) is 1.52. The third-order valence-electron chi connectivity index (χ3n) is 6.55. The minimum Gasteiger partial charge on any atom is -0.495 e. The lowest BCUT2D eigenvalue weighted by atomic mass is 10.1. The number of hydrogen-bond acceptors (Lipinski definition) is 5. The maximum atomic E-state index is 14.0. The molecule has 4 rings (SSSR count). The van der Waals surface area contributed by atoms with Crippen LogP contribution < -0.4 is 20.3 Å². The van der Waals surface area contributed by atoms with Crippen LogP contribution in [0.2, 0.25) is 0 Å². The molecule has 4 aromatic rings. The second kappa shape index (κ2) is 12.3. The Bertz CT molecular complexity index is 1470. The standard InChI is InChI=1S/C30H34N4O4/c1-5-7-20-33(30(36)32-23-16-10-12-18-26(23)37-3)24(6-2)28-31-22-15-9-8-14-21(22)29(35)34(28)25-17-11-13-19-27(25)38-4/h8-19,24H,5-7,20H2,1-4H3,(H,32,36). The van der Waals surface area contributed by atoms with Crippen molar-refractivity contribution in [2.45, 2.75) is 39.2 Å². The fourth-order valence-corrected chi connectivity index (χ4v) is 4.63. The van der Waals surface area contributed by atoms with Gasteiger partial charge in [-0.15, -0.1) is 0 Å². The molecule has 0 bridgehead atoms. The van der Waals surface area contributed by atoms with Gasteiger partial charge in [-0.2, -0.15) is 0 Å². The summed E-state index contributed by atoms with van der Waals surface area (Å²) in [4.78, 5) is 34.5. The summed E-state index contributed by atoms with van der Waals surface area (Å²) < 4.78 is 12.6. The minimum atomic E-state index is -0.488. The van der Waals surface area contributed by atoms with E-state index in [2.05, 4.69) is 12.2 Å². The highest BCUT2D eigenvalue weighted by molar-refractivity contribution is 5.91. The molecular weight excluding hydrogens is 480 g/mol. The molecule has 8 heteroatoms. The Balaban J connectivity index is 1.90. The van der Waals surface area contributed by atoms with Gasteiger partial charge in [0.25, 0.3) is 5.56 Å². The molecule has 0 saturated carbocycles. The Labute approximate surface area is 222 Å². The van der Waals surface area contributed by atoms with Crippen molar-refractivity contribution in [2.24, 2.45) is 0 Å². The Morgan fingerprint density at radius 2 is 1.61 bits per heavy atom. The number of nitrogens with zero attached hydrogens (tertiary/aromatic N) is 3. The predicted molar refractivity (Wildman–Crippen MR) is 151 cm³/mol. The van der Waals surface area contributed by atoms with Gasteiger partial charge in [-0.1, -0.05) is 56.7 Å². The average molecular weight is 515 g/mol. The molecule has 0 radical (unpaired) electrons. The number of methoxy groups -OCH3 is 2. The number of fused-ring (bicyclic) bond motifs is 1. The molecule has 0 spiro atoms. The zero-order valence-corrected chi connectivity index (χ0v) is 22.3. The van der Waals surface area contributed by atoms with Crippen LogP contribution in [0.5, 0.6) is 11.5 Å². The average Bonchev–Trinajstić information content (AvgIpc) is 2.95. The molecule has 1 atom stereocenters. The number of hydrogen-bond donors (Lipinski definition) is 1. The second-order valence-electron chi connectivity index (χ2n) is 8.90. The number of para-hydroxylation sites is 5. The zero-order valence-electron chi connectivity index (χ0n) is 22.3. The molecule has 1 N–H and O–H groups in total. The third kappa shape index (κ3) is 5.34. The number of amides is 2. The van der Waals surface area contributed by atoms with Gasteiger partial charge in [-0.3, -0.25) is 9.36 Å². The van der Waals surface area contributed by atoms with E-state index in [-0.39, 0.29) is 11.6 Å². The number of ether oxygens (including phenoxy) is 2. The van der Waals surface area contributed by atoms with Crippen LogP contribution in [0.15, 0.2) is 77.6 Å². The van der Waals surface area contributed by atoms with Crippen LogP contribution in [0.25, 0.3) is 16.6 Å². The maximum absolute atomic E-state index is 14.0. The third-order valence-corrected chi connectivity index (χ3v) is 6.55. The summed E-state index contributed by atoms with van der Waals surface area (Å²) in [5.74, 6) is 1.59. The predicted octanol–water partition coefficient (Wildman–Crippen LogP) is 6.19. The Hall–Kier alpha value is -4.33. The van der Waals surface area contributed by atoms with Gasteiger partial charge in [0, 0.05) is 6.54 Å². The van der Waals surface area contributed by atoms with Crippen LogP contribution in [0.1, 0.15) is 45.0 Å². The number of unbranched alkanes of at least 4 members (excludes halogenated alkanes) is 1. The van der Waals surface area contributed by atoms with E-state index < -0.39 is 6.04 Å². The van der Waals surface area contributed by atoms with Crippen LogP contribution in [0.4, 0.5) is 10.5 Å². The number of carbonyl (C=O) groups excluding carboxylic acids is 1. The number of nitrogens with one attached hydrogen (secondary N) is 1. The van der Waals surface area contributed by atoms with Gasteiger partial charge >= 0.3 is 6.03 Å². The highest BCUT2D eigenvalue weighted by Gasteiger charge is 2.30. The van der Waals surface area contributed by atoms with Gasteiger partial charge in [0.05, 0.1) is 42.5 Å². The van der Waals surface area contributed by atoms with Gasteiger partial charge in [-0.05, 0) is 49.2 Å². The molecule has 2 amide bonds. The number of carbonyl (C=O) groups is 1. The van der Waals surface area contributed by atoms with E-state index in [0.717, 1.165) is 12.8 Å². The van der Waals surface area contributed by atoms with Crippen LogP contribution in [-0.2, 0) is 0 Å². The van der Waals surface area contributed by atoms with E-state index in [1.54, 1.807) is 41.9 Å².